The molecule has 1 nitrogen and oxygen atoms in total. The van der Waals surface area contributed by atoms with Crippen LogP contribution in [-0.2, 0) is 0 Å². The maximum atomic E-state index is 5.17. The number of rotatable bonds is 2. The summed E-state index contributed by atoms with van der Waals surface area (Å²) in [6, 6.07) is 11.3. The van der Waals surface area contributed by atoms with Crippen LogP contribution < -0.4 is 9.92 Å². The molecule has 1 aromatic rings. The van der Waals surface area contributed by atoms with Crippen LogP contribution in [0, 0.1) is 0 Å². The first-order valence-corrected chi connectivity index (χ1v) is 7.36. The number of hydrogen-bond donors (Lipinski definition) is 0. The maximum Gasteiger partial charge on any atom is 0.118 e. The predicted molar refractivity (Wildman–Crippen MR) is 66.4 cm³/mol. The third-order valence-electron chi connectivity index (χ3n) is 3.02. The van der Waals surface area contributed by atoms with Crippen LogP contribution in [0.25, 0.3) is 0 Å². The average molecular weight is 217 g/mol. The van der Waals surface area contributed by atoms with Crippen molar-refractivity contribution in [2.24, 2.45) is 0 Å². The van der Waals surface area contributed by atoms with E-state index in [0.29, 0.717) is 0 Å². The highest BCUT2D eigenvalue weighted by Gasteiger charge is 2.16. The molecule has 0 amide bonds. The number of methoxy groups -OCH3 is 1. The molecule has 0 fully saturated rings. The molecule has 0 N–H and O–H groups in total. The highest BCUT2D eigenvalue weighted by atomic mass is 28.3. The second kappa shape index (κ2) is 4.66. The standard InChI is InChI=1S/C13H17OSi/c1-11-7-9-15(10-8-11)13-5-3-12(14-2)4-6-13/h3-7H,8-10H2,1-2H3. The fraction of sp³-hybridized carbons (Fsp3) is 0.385. The van der Waals surface area contributed by atoms with Crippen LogP contribution in [0.15, 0.2) is 35.9 Å². The SMILES string of the molecule is COc1ccc([Si]2CC=C(C)CC2)cc1. The molecule has 1 aromatic carbocycles. The summed E-state index contributed by atoms with van der Waals surface area (Å²) in [4.78, 5) is 0. The Morgan fingerprint density at radius 2 is 1.93 bits per heavy atom. The molecule has 1 aliphatic rings. The zero-order valence-electron chi connectivity index (χ0n) is 9.42. The van der Waals surface area contributed by atoms with Gasteiger partial charge < -0.3 is 4.74 Å². The van der Waals surface area contributed by atoms with E-state index < -0.39 is 0 Å². The van der Waals surface area contributed by atoms with E-state index in [1.807, 2.05) is 0 Å². The van der Waals surface area contributed by atoms with E-state index in [1.165, 1.54) is 18.5 Å². The summed E-state index contributed by atoms with van der Waals surface area (Å²) in [7, 11) is 1.40. The predicted octanol–water partition coefficient (Wildman–Crippen LogP) is 2.75. The van der Waals surface area contributed by atoms with Gasteiger partial charge >= 0.3 is 0 Å². The van der Waals surface area contributed by atoms with Crippen molar-refractivity contribution in [3.8, 4) is 5.75 Å². The zero-order chi connectivity index (χ0) is 10.7. The normalized spacial score (nSPS) is 17.3. The van der Waals surface area contributed by atoms with Gasteiger partial charge in [0, 0.05) is 0 Å². The van der Waals surface area contributed by atoms with Crippen molar-refractivity contribution in [2.45, 2.75) is 25.4 Å². The number of benzene rings is 1. The molecule has 2 rings (SSSR count). The first kappa shape index (κ1) is 10.5. The van der Waals surface area contributed by atoms with Crippen LogP contribution in [0.4, 0.5) is 0 Å². The summed E-state index contributed by atoms with van der Waals surface area (Å²) in [5.74, 6) is 0.962. The Kier molecular flexibility index (Phi) is 3.26. The van der Waals surface area contributed by atoms with E-state index >= 15 is 0 Å². The molecular weight excluding hydrogens is 200 g/mol. The summed E-state index contributed by atoms with van der Waals surface area (Å²) < 4.78 is 5.17. The molecule has 1 aliphatic heterocycles. The monoisotopic (exact) mass is 217 g/mol. The summed E-state index contributed by atoms with van der Waals surface area (Å²) in [5.41, 5.74) is 1.57. The van der Waals surface area contributed by atoms with Gasteiger partial charge in [0.05, 0.1) is 15.9 Å². The minimum atomic E-state index is -0.315. The lowest BCUT2D eigenvalue weighted by atomic mass is 10.2. The first-order valence-electron chi connectivity index (χ1n) is 5.44. The molecule has 0 aromatic heterocycles. The lowest BCUT2D eigenvalue weighted by molar-refractivity contribution is 0.415. The van der Waals surface area contributed by atoms with Crippen molar-refractivity contribution in [3.63, 3.8) is 0 Å². The van der Waals surface area contributed by atoms with Crippen molar-refractivity contribution in [1.29, 1.82) is 0 Å². The van der Waals surface area contributed by atoms with Gasteiger partial charge in [0.15, 0.2) is 0 Å². The average Bonchev–Trinajstić information content (AvgIpc) is 2.30. The molecule has 0 spiro atoms. The van der Waals surface area contributed by atoms with Crippen molar-refractivity contribution in [1.82, 2.24) is 0 Å². The van der Waals surface area contributed by atoms with Crippen LogP contribution in [0.5, 0.6) is 5.75 Å². The molecule has 0 saturated carbocycles. The van der Waals surface area contributed by atoms with Gasteiger partial charge in [0.25, 0.3) is 0 Å². The van der Waals surface area contributed by atoms with Gasteiger partial charge in [-0.3, -0.25) is 0 Å². The Bertz CT molecular complexity index is 353. The lowest BCUT2D eigenvalue weighted by Gasteiger charge is -2.19. The van der Waals surface area contributed by atoms with Gasteiger partial charge in [0.2, 0.25) is 0 Å². The van der Waals surface area contributed by atoms with Crippen molar-refractivity contribution >= 4 is 14.0 Å². The highest BCUT2D eigenvalue weighted by molar-refractivity contribution is 6.73. The van der Waals surface area contributed by atoms with Crippen LogP contribution in [0.1, 0.15) is 13.3 Å². The van der Waals surface area contributed by atoms with Gasteiger partial charge in [-0.2, -0.15) is 0 Å². The number of ether oxygens (including phenoxy) is 1. The molecule has 0 aliphatic carbocycles. The van der Waals surface area contributed by atoms with E-state index in [-0.39, 0.29) is 8.80 Å². The van der Waals surface area contributed by atoms with Gasteiger partial charge in [-0.05, 0) is 31.5 Å². The fourth-order valence-electron chi connectivity index (χ4n) is 1.94. The smallest absolute Gasteiger partial charge is 0.118 e. The van der Waals surface area contributed by atoms with Gasteiger partial charge in [0.1, 0.15) is 5.75 Å². The second-order valence-corrected chi connectivity index (χ2v) is 6.78. The summed E-state index contributed by atoms with van der Waals surface area (Å²) in [6.45, 7) is 2.24. The van der Waals surface area contributed by atoms with E-state index in [9.17, 15) is 0 Å². The fourth-order valence-corrected chi connectivity index (χ4v) is 4.60. The van der Waals surface area contributed by atoms with E-state index in [2.05, 4.69) is 37.3 Å². The molecule has 0 bridgehead atoms. The first-order chi connectivity index (χ1) is 7.29. The Morgan fingerprint density at radius 3 is 2.47 bits per heavy atom. The number of allylic oxidation sites excluding steroid dienone is 2. The molecule has 0 saturated heterocycles. The summed E-state index contributed by atoms with van der Waals surface area (Å²) in [5, 5.41) is 1.55. The van der Waals surface area contributed by atoms with Gasteiger partial charge in [-0.25, -0.2) is 0 Å². The molecule has 15 heavy (non-hydrogen) atoms. The van der Waals surface area contributed by atoms with Gasteiger partial charge in [-0.1, -0.05) is 35.0 Å². The molecule has 1 radical (unpaired) electrons. The third kappa shape index (κ3) is 2.51. The molecule has 0 atom stereocenters. The summed E-state index contributed by atoms with van der Waals surface area (Å²) >= 11 is 0. The van der Waals surface area contributed by atoms with Crippen molar-refractivity contribution in [3.05, 3.63) is 35.9 Å². The Morgan fingerprint density at radius 1 is 1.20 bits per heavy atom. The van der Waals surface area contributed by atoms with Crippen molar-refractivity contribution in [2.75, 3.05) is 7.11 Å². The highest BCUT2D eigenvalue weighted by Crippen LogP contribution is 2.19. The van der Waals surface area contributed by atoms with Crippen LogP contribution in [0.3, 0.4) is 0 Å². The van der Waals surface area contributed by atoms with Gasteiger partial charge in [-0.15, -0.1) is 0 Å². The Labute approximate surface area is 93.4 Å². The second-order valence-electron chi connectivity index (χ2n) is 4.09. The minimum absolute atomic E-state index is 0.315. The minimum Gasteiger partial charge on any atom is -0.497 e. The van der Waals surface area contributed by atoms with Crippen LogP contribution in [0.2, 0.25) is 12.1 Å². The quantitative estimate of drug-likeness (QED) is 0.547. The van der Waals surface area contributed by atoms with E-state index in [4.69, 9.17) is 4.74 Å². The number of hydrogen-bond acceptors (Lipinski definition) is 1. The van der Waals surface area contributed by atoms with Crippen LogP contribution in [-0.4, -0.2) is 15.9 Å². The maximum absolute atomic E-state index is 5.17. The zero-order valence-corrected chi connectivity index (χ0v) is 10.4. The van der Waals surface area contributed by atoms with Crippen LogP contribution >= 0.6 is 0 Å². The Balaban J connectivity index is 2.10. The molecule has 2 heteroatoms. The molecule has 79 valence electrons. The topological polar surface area (TPSA) is 9.23 Å². The van der Waals surface area contributed by atoms with Crippen molar-refractivity contribution < 1.29 is 4.74 Å². The molecular formula is C13H17OSi. The van der Waals surface area contributed by atoms with E-state index in [1.54, 1.807) is 17.9 Å². The van der Waals surface area contributed by atoms with E-state index in [0.717, 1.165) is 5.75 Å². The lowest BCUT2D eigenvalue weighted by Crippen LogP contribution is -2.30. The molecule has 0 unspecified atom stereocenters. The molecule has 1 heterocycles. The third-order valence-corrected chi connectivity index (χ3v) is 5.72. The Hall–Kier alpha value is -1.02. The largest absolute Gasteiger partial charge is 0.497 e. The summed E-state index contributed by atoms with van der Waals surface area (Å²) in [6.07, 6.45) is 3.71.